The highest BCUT2D eigenvalue weighted by Gasteiger charge is 2.16. The molecule has 118 valence electrons. The minimum absolute atomic E-state index is 0. The lowest BCUT2D eigenvalue weighted by molar-refractivity contribution is 0.492. The van der Waals surface area contributed by atoms with Gasteiger partial charge in [-0.25, -0.2) is 0 Å². The molecule has 1 aromatic rings. The number of nitrogens with one attached hydrogen (secondary N) is 1. The molecule has 1 aliphatic rings. The second-order valence-electron chi connectivity index (χ2n) is 5.70. The van der Waals surface area contributed by atoms with Crippen molar-refractivity contribution in [3.05, 3.63) is 35.4 Å². The maximum atomic E-state index is 4.83. The van der Waals surface area contributed by atoms with Crippen molar-refractivity contribution in [1.82, 2.24) is 10.2 Å². The van der Waals surface area contributed by atoms with Crippen LogP contribution in [-0.4, -0.2) is 37.0 Å². The predicted molar refractivity (Wildman–Crippen MR) is 102 cm³/mol. The van der Waals surface area contributed by atoms with Crippen LogP contribution in [0.3, 0.4) is 0 Å². The molecule has 1 fully saturated rings. The zero-order chi connectivity index (χ0) is 14.4. The van der Waals surface area contributed by atoms with E-state index in [0.29, 0.717) is 5.92 Å². The van der Waals surface area contributed by atoms with Gasteiger partial charge in [0, 0.05) is 32.1 Å². The molecule has 1 aliphatic heterocycles. The number of hydrogen-bond acceptors (Lipinski definition) is 1. The Kier molecular flexibility index (Phi) is 8.07. The minimum atomic E-state index is 0. The summed E-state index contributed by atoms with van der Waals surface area (Å²) in [6.45, 7) is 10.6. The van der Waals surface area contributed by atoms with E-state index in [9.17, 15) is 0 Å². The molecular weight excluding hydrogens is 373 g/mol. The van der Waals surface area contributed by atoms with Gasteiger partial charge in [0.15, 0.2) is 5.96 Å². The van der Waals surface area contributed by atoms with Gasteiger partial charge in [0.1, 0.15) is 0 Å². The molecule has 4 heteroatoms. The Morgan fingerprint density at radius 3 is 2.67 bits per heavy atom. The average molecular weight is 401 g/mol. The van der Waals surface area contributed by atoms with Gasteiger partial charge in [0.2, 0.25) is 0 Å². The second-order valence-corrected chi connectivity index (χ2v) is 5.70. The van der Waals surface area contributed by atoms with Crippen molar-refractivity contribution in [2.75, 3.05) is 26.2 Å². The third-order valence-corrected chi connectivity index (χ3v) is 3.87. The number of aliphatic imine (C=N–C) groups is 1. The molecule has 0 amide bonds. The van der Waals surface area contributed by atoms with E-state index in [1.54, 1.807) is 0 Å². The highest BCUT2D eigenvalue weighted by Crippen LogP contribution is 2.17. The van der Waals surface area contributed by atoms with Crippen molar-refractivity contribution in [1.29, 1.82) is 0 Å². The smallest absolute Gasteiger partial charge is 0.193 e. The van der Waals surface area contributed by atoms with Gasteiger partial charge >= 0.3 is 0 Å². The van der Waals surface area contributed by atoms with E-state index >= 15 is 0 Å². The number of benzene rings is 1. The summed E-state index contributed by atoms with van der Waals surface area (Å²) in [5, 5.41) is 3.42. The largest absolute Gasteiger partial charge is 0.357 e. The molecule has 0 saturated carbocycles. The van der Waals surface area contributed by atoms with Crippen molar-refractivity contribution in [2.45, 2.75) is 39.5 Å². The van der Waals surface area contributed by atoms with Crippen LogP contribution in [-0.2, 0) is 0 Å². The third kappa shape index (κ3) is 5.49. The number of hydrogen-bond donors (Lipinski definition) is 1. The number of guanidine groups is 1. The molecule has 0 radical (unpaired) electrons. The van der Waals surface area contributed by atoms with Gasteiger partial charge in [-0.1, -0.05) is 36.8 Å². The summed E-state index contributed by atoms with van der Waals surface area (Å²) in [6, 6.07) is 8.75. The standard InChI is InChI=1S/C17H27N3.HI/c1-4-18-17(20-10-5-6-11-20)19-13-15(3)16-9-7-8-14(2)12-16;/h7-9,12,15H,4-6,10-11,13H2,1-3H3,(H,18,19);1H. The van der Waals surface area contributed by atoms with Crippen molar-refractivity contribution in [3.8, 4) is 0 Å². The van der Waals surface area contributed by atoms with E-state index in [0.717, 1.165) is 32.1 Å². The Bertz CT molecular complexity index is 453. The summed E-state index contributed by atoms with van der Waals surface area (Å²) in [5.41, 5.74) is 2.70. The molecule has 0 spiro atoms. The van der Waals surface area contributed by atoms with E-state index in [1.807, 2.05) is 0 Å². The molecule has 1 aromatic carbocycles. The van der Waals surface area contributed by atoms with Gasteiger partial charge in [-0.2, -0.15) is 0 Å². The number of nitrogens with zero attached hydrogens (tertiary/aromatic N) is 2. The monoisotopic (exact) mass is 401 g/mol. The first-order chi connectivity index (χ1) is 9.70. The fourth-order valence-electron chi connectivity index (χ4n) is 2.66. The summed E-state index contributed by atoms with van der Waals surface area (Å²) in [7, 11) is 0. The SMILES string of the molecule is CCNC(=NCC(C)c1cccc(C)c1)N1CCCC1.I. The van der Waals surface area contributed by atoms with Crippen LogP contribution in [0.4, 0.5) is 0 Å². The fourth-order valence-corrected chi connectivity index (χ4v) is 2.66. The van der Waals surface area contributed by atoms with Crippen molar-refractivity contribution >= 4 is 29.9 Å². The lowest BCUT2D eigenvalue weighted by atomic mass is 10.00. The van der Waals surface area contributed by atoms with Crippen molar-refractivity contribution in [2.24, 2.45) is 4.99 Å². The second kappa shape index (κ2) is 9.28. The minimum Gasteiger partial charge on any atom is -0.357 e. The highest BCUT2D eigenvalue weighted by atomic mass is 127. The number of rotatable bonds is 4. The molecule has 1 N–H and O–H groups in total. The molecule has 0 aromatic heterocycles. The van der Waals surface area contributed by atoms with Gasteiger partial charge < -0.3 is 10.2 Å². The molecular formula is C17H28IN3. The lowest BCUT2D eigenvalue weighted by Gasteiger charge is -2.21. The molecule has 0 aliphatic carbocycles. The molecule has 21 heavy (non-hydrogen) atoms. The van der Waals surface area contributed by atoms with Crippen molar-refractivity contribution < 1.29 is 0 Å². The van der Waals surface area contributed by atoms with Gasteiger partial charge in [-0.15, -0.1) is 24.0 Å². The highest BCUT2D eigenvalue weighted by molar-refractivity contribution is 14.0. The Labute approximate surface area is 146 Å². The Morgan fingerprint density at radius 2 is 2.05 bits per heavy atom. The molecule has 2 rings (SSSR count). The van der Waals surface area contributed by atoms with E-state index in [2.05, 4.69) is 55.3 Å². The number of halogens is 1. The zero-order valence-corrected chi connectivity index (χ0v) is 15.8. The lowest BCUT2D eigenvalue weighted by Crippen LogP contribution is -2.39. The molecule has 3 nitrogen and oxygen atoms in total. The van der Waals surface area contributed by atoms with Crippen LogP contribution in [0.1, 0.15) is 43.7 Å². The molecule has 1 atom stereocenters. The van der Waals surface area contributed by atoms with Crippen LogP contribution in [0.25, 0.3) is 0 Å². The fraction of sp³-hybridized carbons (Fsp3) is 0.588. The van der Waals surface area contributed by atoms with Crippen LogP contribution in [0.5, 0.6) is 0 Å². The van der Waals surface area contributed by atoms with E-state index in [-0.39, 0.29) is 24.0 Å². The van der Waals surface area contributed by atoms with Gasteiger partial charge in [0.05, 0.1) is 0 Å². The first kappa shape index (κ1) is 18.3. The van der Waals surface area contributed by atoms with Gasteiger partial charge in [-0.05, 0) is 32.3 Å². The number of aryl methyl sites for hydroxylation is 1. The van der Waals surface area contributed by atoms with Gasteiger partial charge in [-0.3, -0.25) is 4.99 Å². The summed E-state index contributed by atoms with van der Waals surface area (Å²) in [6.07, 6.45) is 2.58. The van der Waals surface area contributed by atoms with Crippen LogP contribution in [0.2, 0.25) is 0 Å². The molecule has 1 saturated heterocycles. The number of likely N-dealkylation sites (tertiary alicyclic amines) is 1. The van der Waals surface area contributed by atoms with E-state index in [4.69, 9.17) is 4.99 Å². The Balaban J connectivity index is 0.00000220. The molecule has 0 bridgehead atoms. The van der Waals surface area contributed by atoms with E-state index in [1.165, 1.54) is 24.0 Å². The molecule has 1 unspecified atom stereocenters. The topological polar surface area (TPSA) is 27.6 Å². The zero-order valence-electron chi connectivity index (χ0n) is 13.4. The summed E-state index contributed by atoms with van der Waals surface area (Å²) in [4.78, 5) is 7.21. The van der Waals surface area contributed by atoms with E-state index < -0.39 is 0 Å². The third-order valence-electron chi connectivity index (χ3n) is 3.87. The van der Waals surface area contributed by atoms with Crippen molar-refractivity contribution in [3.63, 3.8) is 0 Å². The molecule has 1 heterocycles. The normalized spacial score (nSPS) is 16.5. The maximum absolute atomic E-state index is 4.83. The summed E-state index contributed by atoms with van der Waals surface area (Å²) in [5.74, 6) is 1.55. The first-order valence-corrected chi connectivity index (χ1v) is 7.80. The van der Waals surface area contributed by atoms with Crippen LogP contribution < -0.4 is 5.32 Å². The Morgan fingerprint density at radius 1 is 1.33 bits per heavy atom. The summed E-state index contributed by atoms with van der Waals surface area (Å²) >= 11 is 0. The average Bonchev–Trinajstić information content (AvgIpc) is 2.97. The van der Waals surface area contributed by atoms with Gasteiger partial charge in [0.25, 0.3) is 0 Å². The quantitative estimate of drug-likeness (QED) is 0.473. The maximum Gasteiger partial charge on any atom is 0.193 e. The summed E-state index contributed by atoms with van der Waals surface area (Å²) < 4.78 is 0. The van der Waals surface area contributed by atoms with Crippen LogP contribution in [0, 0.1) is 6.92 Å². The van der Waals surface area contributed by atoms with Crippen LogP contribution in [0.15, 0.2) is 29.3 Å². The van der Waals surface area contributed by atoms with Crippen LogP contribution >= 0.6 is 24.0 Å². The predicted octanol–water partition coefficient (Wildman–Crippen LogP) is 3.78. The Hall–Kier alpha value is -0.780. The first-order valence-electron chi connectivity index (χ1n) is 7.80.